The van der Waals surface area contributed by atoms with E-state index in [0.29, 0.717) is 11.1 Å². The van der Waals surface area contributed by atoms with Crippen molar-refractivity contribution in [3.63, 3.8) is 0 Å². The molecule has 0 amide bonds. The Morgan fingerprint density at radius 2 is 1.17 bits per heavy atom. The van der Waals surface area contributed by atoms with Crippen LogP contribution in [0.25, 0.3) is 21.8 Å². The summed E-state index contributed by atoms with van der Waals surface area (Å²) >= 11 is 0. The Labute approximate surface area is 130 Å². The first-order valence-electron chi connectivity index (χ1n) is 7.11. The summed E-state index contributed by atoms with van der Waals surface area (Å²) in [5, 5.41) is 1.78. The van der Waals surface area contributed by atoms with E-state index >= 15 is 0 Å². The van der Waals surface area contributed by atoms with Crippen molar-refractivity contribution >= 4 is 33.7 Å². The highest BCUT2D eigenvalue weighted by Crippen LogP contribution is 2.17. The molecule has 2 aromatic carbocycles. The molecule has 23 heavy (non-hydrogen) atoms. The van der Waals surface area contributed by atoms with Crippen LogP contribution in [-0.2, 0) is 4.74 Å². The zero-order valence-corrected chi connectivity index (χ0v) is 12.0. The molecule has 0 aliphatic heterocycles. The van der Waals surface area contributed by atoms with Gasteiger partial charge in [0, 0.05) is 34.2 Å². The van der Waals surface area contributed by atoms with E-state index in [1.807, 2.05) is 12.1 Å². The zero-order valence-electron chi connectivity index (χ0n) is 12.0. The summed E-state index contributed by atoms with van der Waals surface area (Å²) in [6, 6.07) is 13.9. The van der Waals surface area contributed by atoms with Crippen LogP contribution >= 0.6 is 0 Å². The molecule has 0 aliphatic rings. The van der Waals surface area contributed by atoms with Gasteiger partial charge in [-0.2, -0.15) is 0 Å². The van der Waals surface area contributed by atoms with E-state index < -0.39 is 11.9 Å². The molecule has 0 saturated heterocycles. The minimum absolute atomic E-state index is 0.341. The second-order valence-electron chi connectivity index (χ2n) is 5.24. The van der Waals surface area contributed by atoms with Gasteiger partial charge in [0.1, 0.15) is 0 Å². The molecule has 0 aliphatic carbocycles. The van der Waals surface area contributed by atoms with Gasteiger partial charge in [-0.3, -0.25) is 0 Å². The first-order valence-corrected chi connectivity index (χ1v) is 7.11. The van der Waals surface area contributed by atoms with E-state index in [1.54, 1.807) is 48.8 Å². The van der Waals surface area contributed by atoms with Crippen LogP contribution in [0.2, 0.25) is 0 Å². The van der Waals surface area contributed by atoms with E-state index in [9.17, 15) is 9.59 Å². The Balaban J connectivity index is 1.58. The van der Waals surface area contributed by atoms with Gasteiger partial charge in [0.05, 0.1) is 11.1 Å². The predicted octanol–water partition coefficient (Wildman–Crippen LogP) is 3.65. The summed E-state index contributed by atoms with van der Waals surface area (Å²) in [7, 11) is 0. The lowest BCUT2D eigenvalue weighted by Gasteiger charge is -2.04. The van der Waals surface area contributed by atoms with Crippen LogP contribution in [0.15, 0.2) is 60.9 Å². The number of ether oxygens (including phenoxy) is 1. The van der Waals surface area contributed by atoms with E-state index in [0.717, 1.165) is 21.8 Å². The maximum Gasteiger partial charge on any atom is 0.346 e. The van der Waals surface area contributed by atoms with Gasteiger partial charge in [-0.25, -0.2) is 9.59 Å². The lowest BCUT2D eigenvalue weighted by atomic mass is 10.1. The number of rotatable bonds is 2. The maximum absolute atomic E-state index is 12.1. The van der Waals surface area contributed by atoms with Gasteiger partial charge in [0.25, 0.3) is 0 Å². The Hall–Kier alpha value is -3.34. The number of esters is 2. The minimum atomic E-state index is -0.660. The quantitative estimate of drug-likeness (QED) is 0.438. The monoisotopic (exact) mass is 304 g/mol. The molecule has 0 unspecified atom stereocenters. The summed E-state index contributed by atoms with van der Waals surface area (Å²) in [6.45, 7) is 0. The molecular weight excluding hydrogens is 292 g/mol. The number of carbonyl (C=O) groups is 2. The molecule has 4 rings (SSSR count). The third kappa shape index (κ3) is 2.38. The SMILES string of the molecule is O=C(OC(=O)c1ccc2[nH]ccc2c1)c1ccc2[nH]ccc2c1. The van der Waals surface area contributed by atoms with Crippen LogP contribution in [0, 0.1) is 0 Å². The molecule has 5 heteroatoms. The number of benzene rings is 2. The minimum Gasteiger partial charge on any atom is -0.386 e. The van der Waals surface area contributed by atoms with E-state index in [1.165, 1.54) is 0 Å². The van der Waals surface area contributed by atoms with E-state index in [4.69, 9.17) is 4.74 Å². The van der Waals surface area contributed by atoms with Crippen molar-refractivity contribution < 1.29 is 14.3 Å². The van der Waals surface area contributed by atoms with Crippen molar-refractivity contribution in [3.05, 3.63) is 72.1 Å². The van der Waals surface area contributed by atoms with Crippen LogP contribution in [0.3, 0.4) is 0 Å². The zero-order chi connectivity index (χ0) is 15.8. The molecule has 0 spiro atoms. The third-order valence-corrected chi connectivity index (χ3v) is 3.76. The molecule has 0 atom stereocenters. The molecule has 2 heterocycles. The molecule has 4 aromatic rings. The summed E-state index contributed by atoms with van der Waals surface area (Å²) in [4.78, 5) is 30.4. The Bertz CT molecular complexity index is 958. The van der Waals surface area contributed by atoms with Crippen LogP contribution in [0.4, 0.5) is 0 Å². The first-order chi connectivity index (χ1) is 11.2. The third-order valence-electron chi connectivity index (χ3n) is 3.76. The van der Waals surface area contributed by atoms with Crippen molar-refractivity contribution in [2.24, 2.45) is 0 Å². The fraction of sp³-hybridized carbons (Fsp3) is 0. The number of H-pyrrole nitrogens is 2. The number of nitrogens with one attached hydrogen (secondary N) is 2. The largest absolute Gasteiger partial charge is 0.386 e. The number of aromatic amines is 2. The van der Waals surface area contributed by atoms with E-state index in [2.05, 4.69) is 9.97 Å². The average molecular weight is 304 g/mol. The highest BCUT2D eigenvalue weighted by molar-refractivity contribution is 6.05. The maximum atomic E-state index is 12.1. The van der Waals surface area contributed by atoms with Crippen molar-refractivity contribution in [2.75, 3.05) is 0 Å². The summed E-state index contributed by atoms with van der Waals surface area (Å²) < 4.78 is 4.98. The molecule has 5 nitrogen and oxygen atoms in total. The molecule has 0 radical (unpaired) electrons. The molecule has 2 N–H and O–H groups in total. The predicted molar refractivity (Wildman–Crippen MR) is 86.3 cm³/mol. The molecular formula is C18H12N2O3. The second kappa shape index (κ2) is 5.14. The smallest absolute Gasteiger partial charge is 0.346 e. The molecule has 2 aromatic heterocycles. The Kier molecular flexibility index (Phi) is 2.98. The van der Waals surface area contributed by atoms with Crippen LogP contribution in [-0.4, -0.2) is 21.9 Å². The lowest BCUT2D eigenvalue weighted by molar-refractivity contribution is 0.0398. The van der Waals surface area contributed by atoms with E-state index in [-0.39, 0.29) is 0 Å². The Morgan fingerprint density at radius 1 is 0.696 bits per heavy atom. The Morgan fingerprint density at radius 3 is 1.65 bits per heavy atom. The highest BCUT2D eigenvalue weighted by atomic mass is 16.6. The topological polar surface area (TPSA) is 75.0 Å². The number of hydrogen-bond acceptors (Lipinski definition) is 3. The van der Waals surface area contributed by atoms with Crippen molar-refractivity contribution in [1.82, 2.24) is 9.97 Å². The molecule has 0 fully saturated rings. The fourth-order valence-corrected chi connectivity index (χ4v) is 2.56. The van der Waals surface area contributed by atoms with Gasteiger partial charge in [-0.15, -0.1) is 0 Å². The van der Waals surface area contributed by atoms with Crippen molar-refractivity contribution in [1.29, 1.82) is 0 Å². The first kappa shape index (κ1) is 13.3. The average Bonchev–Trinajstić information content (AvgIpc) is 3.21. The highest BCUT2D eigenvalue weighted by Gasteiger charge is 2.16. The van der Waals surface area contributed by atoms with Gasteiger partial charge < -0.3 is 14.7 Å². The van der Waals surface area contributed by atoms with Gasteiger partial charge in [-0.1, -0.05) is 0 Å². The summed E-state index contributed by atoms with van der Waals surface area (Å²) in [6.07, 6.45) is 3.58. The van der Waals surface area contributed by atoms with Gasteiger partial charge >= 0.3 is 11.9 Å². The van der Waals surface area contributed by atoms with Crippen LogP contribution in [0.1, 0.15) is 20.7 Å². The normalized spacial score (nSPS) is 11.0. The number of carbonyl (C=O) groups excluding carboxylic acids is 2. The molecule has 0 saturated carbocycles. The fourth-order valence-electron chi connectivity index (χ4n) is 2.56. The van der Waals surface area contributed by atoms with Crippen LogP contribution < -0.4 is 0 Å². The molecule has 112 valence electrons. The standard InChI is InChI=1S/C18H12N2O3/c21-17(13-1-3-15-11(9-13)5-7-19-15)23-18(22)14-2-4-16-12(10-14)6-8-20-16/h1-10,19-20H. The summed E-state index contributed by atoms with van der Waals surface area (Å²) in [5.41, 5.74) is 2.53. The van der Waals surface area contributed by atoms with Gasteiger partial charge in [-0.05, 0) is 48.5 Å². The molecule has 0 bridgehead atoms. The second-order valence-corrected chi connectivity index (χ2v) is 5.24. The number of fused-ring (bicyclic) bond motifs is 2. The summed E-state index contributed by atoms with van der Waals surface area (Å²) in [5.74, 6) is -1.32. The van der Waals surface area contributed by atoms with Crippen molar-refractivity contribution in [3.8, 4) is 0 Å². The van der Waals surface area contributed by atoms with Crippen molar-refractivity contribution in [2.45, 2.75) is 0 Å². The van der Waals surface area contributed by atoms with Gasteiger partial charge in [0.2, 0.25) is 0 Å². The number of hydrogen-bond donors (Lipinski definition) is 2. The van der Waals surface area contributed by atoms with Crippen LogP contribution in [0.5, 0.6) is 0 Å². The number of aromatic nitrogens is 2. The lowest BCUT2D eigenvalue weighted by Crippen LogP contribution is -2.12. The van der Waals surface area contributed by atoms with Gasteiger partial charge in [0.15, 0.2) is 0 Å².